The van der Waals surface area contributed by atoms with Crippen molar-refractivity contribution in [1.82, 2.24) is 14.8 Å². The number of hydrogen-bond donors (Lipinski definition) is 1. The van der Waals surface area contributed by atoms with Crippen molar-refractivity contribution in [1.29, 1.82) is 0 Å². The Morgan fingerprint density at radius 3 is 2.62 bits per heavy atom. The van der Waals surface area contributed by atoms with Crippen molar-refractivity contribution in [3.63, 3.8) is 0 Å². The highest BCUT2D eigenvalue weighted by atomic mass is 16.2. The normalized spacial score (nSPS) is 18.7. The number of carbonyl (C=O) groups is 2. The van der Waals surface area contributed by atoms with Gasteiger partial charge in [0, 0.05) is 53.8 Å². The lowest BCUT2D eigenvalue weighted by Gasteiger charge is -2.27. The van der Waals surface area contributed by atoms with Gasteiger partial charge >= 0.3 is 0 Å². The summed E-state index contributed by atoms with van der Waals surface area (Å²) in [7, 11) is 0. The minimum absolute atomic E-state index is 0.0181. The van der Waals surface area contributed by atoms with E-state index in [1.807, 2.05) is 46.2 Å². The van der Waals surface area contributed by atoms with E-state index >= 15 is 0 Å². The summed E-state index contributed by atoms with van der Waals surface area (Å²) >= 11 is 0. The van der Waals surface area contributed by atoms with Crippen molar-refractivity contribution < 1.29 is 9.59 Å². The zero-order chi connectivity index (χ0) is 20.0. The molecule has 0 radical (unpaired) electrons. The summed E-state index contributed by atoms with van der Waals surface area (Å²) in [4.78, 5) is 33.2. The summed E-state index contributed by atoms with van der Waals surface area (Å²) in [6.45, 7) is 4.19. The number of fused-ring (bicyclic) bond motifs is 2. The molecule has 29 heavy (non-hydrogen) atoms. The van der Waals surface area contributed by atoms with Gasteiger partial charge < -0.3 is 14.8 Å². The van der Waals surface area contributed by atoms with E-state index in [1.165, 1.54) is 0 Å². The van der Waals surface area contributed by atoms with Crippen LogP contribution in [0.25, 0.3) is 10.9 Å². The van der Waals surface area contributed by atoms with Crippen LogP contribution in [0.3, 0.4) is 0 Å². The van der Waals surface area contributed by atoms with E-state index < -0.39 is 0 Å². The highest BCUT2D eigenvalue weighted by Gasteiger charge is 2.39. The van der Waals surface area contributed by atoms with E-state index in [4.69, 9.17) is 0 Å². The quantitative estimate of drug-likeness (QED) is 0.735. The number of likely N-dealkylation sites (tertiary alicyclic amines) is 1. The number of aromatic nitrogens is 1. The smallest absolute Gasteiger partial charge is 0.255 e. The van der Waals surface area contributed by atoms with Gasteiger partial charge in [-0.05, 0) is 37.5 Å². The first kappa shape index (κ1) is 18.0. The van der Waals surface area contributed by atoms with Gasteiger partial charge in [0.15, 0.2) is 0 Å². The molecular weight excluding hydrogens is 362 g/mol. The third-order valence-electron chi connectivity index (χ3n) is 6.30. The Kier molecular flexibility index (Phi) is 4.38. The first-order valence-corrected chi connectivity index (χ1v) is 10.4. The van der Waals surface area contributed by atoms with Crippen LogP contribution in [0.4, 0.5) is 0 Å². The second-order valence-electron chi connectivity index (χ2n) is 8.04. The number of carbonyl (C=O) groups excluding carboxylic acids is 2. The van der Waals surface area contributed by atoms with Gasteiger partial charge in [-0.2, -0.15) is 0 Å². The molecule has 2 amide bonds. The number of nitrogens with one attached hydrogen (secondary N) is 1. The Morgan fingerprint density at radius 2 is 1.79 bits per heavy atom. The van der Waals surface area contributed by atoms with Crippen LogP contribution in [0.2, 0.25) is 0 Å². The molecule has 0 aliphatic carbocycles. The molecule has 1 fully saturated rings. The van der Waals surface area contributed by atoms with Gasteiger partial charge in [0.1, 0.15) is 0 Å². The highest BCUT2D eigenvalue weighted by molar-refractivity contribution is 6.01. The molecular formula is C24H25N3O2. The summed E-state index contributed by atoms with van der Waals surface area (Å²) in [5.74, 6) is 0.171. The summed E-state index contributed by atoms with van der Waals surface area (Å²) in [5.41, 5.74) is 5.05. The molecule has 2 aromatic carbocycles. The largest absolute Gasteiger partial charge is 0.358 e. The van der Waals surface area contributed by atoms with Crippen LogP contribution in [-0.2, 0) is 4.79 Å². The first-order valence-electron chi connectivity index (χ1n) is 10.4. The fourth-order valence-electron chi connectivity index (χ4n) is 4.90. The van der Waals surface area contributed by atoms with Gasteiger partial charge in [0.25, 0.3) is 5.91 Å². The molecule has 0 saturated carbocycles. The average molecular weight is 387 g/mol. The number of aromatic amines is 1. The maximum atomic E-state index is 13.3. The first-order chi connectivity index (χ1) is 14.1. The Balaban J connectivity index is 1.53. The number of H-pyrrole nitrogens is 1. The van der Waals surface area contributed by atoms with Crippen molar-refractivity contribution >= 4 is 22.7 Å². The van der Waals surface area contributed by atoms with Gasteiger partial charge in [0.2, 0.25) is 5.91 Å². The molecule has 0 bridgehead atoms. The van der Waals surface area contributed by atoms with Gasteiger partial charge in [-0.1, -0.05) is 36.4 Å². The van der Waals surface area contributed by atoms with Crippen molar-refractivity contribution in [2.75, 3.05) is 19.6 Å². The summed E-state index contributed by atoms with van der Waals surface area (Å²) in [5, 5.41) is 1.13. The Morgan fingerprint density at radius 1 is 1.07 bits per heavy atom. The van der Waals surface area contributed by atoms with Crippen LogP contribution < -0.4 is 0 Å². The molecule has 1 N–H and O–H groups in total. The lowest BCUT2D eigenvalue weighted by molar-refractivity contribution is -0.130. The maximum Gasteiger partial charge on any atom is 0.255 e. The van der Waals surface area contributed by atoms with Gasteiger partial charge in [-0.25, -0.2) is 0 Å². The van der Waals surface area contributed by atoms with E-state index in [1.54, 1.807) is 0 Å². The van der Waals surface area contributed by atoms with Gasteiger partial charge in [-0.15, -0.1) is 0 Å². The molecule has 2 aliphatic rings. The molecule has 1 aromatic heterocycles. The fraction of sp³-hybridized carbons (Fsp3) is 0.333. The summed E-state index contributed by atoms with van der Waals surface area (Å²) in [6.07, 6.45) is 2.53. The molecule has 2 aliphatic heterocycles. The predicted octanol–water partition coefficient (Wildman–Crippen LogP) is 4.03. The van der Waals surface area contributed by atoms with E-state index in [-0.39, 0.29) is 17.9 Å². The fourth-order valence-corrected chi connectivity index (χ4v) is 4.90. The third-order valence-corrected chi connectivity index (χ3v) is 6.30. The molecule has 5 rings (SSSR count). The number of para-hydroxylation sites is 1. The molecule has 5 nitrogen and oxygen atoms in total. The van der Waals surface area contributed by atoms with E-state index in [0.29, 0.717) is 13.0 Å². The minimum Gasteiger partial charge on any atom is -0.358 e. The van der Waals surface area contributed by atoms with Crippen LogP contribution in [0.1, 0.15) is 52.5 Å². The van der Waals surface area contributed by atoms with Crippen LogP contribution >= 0.6 is 0 Å². The Bertz CT molecular complexity index is 1090. The number of amides is 2. The van der Waals surface area contributed by atoms with E-state index in [0.717, 1.165) is 59.2 Å². The topological polar surface area (TPSA) is 56.4 Å². The summed E-state index contributed by atoms with van der Waals surface area (Å²) in [6, 6.07) is 15.9. The van der Waals surface area contributed by atoms with Crippen LogP contribution in [0.5, 0.6) is 0 Å². The highest BCUT2D eigenvalue weighted by Crippen LogP contribution is 2.42. The molecule has 0 unspecified atom stereocenters. The van der Waals surface area contributed by atoms with Crippen molar-refractivity contribution in [3.05, 3.63) is 70.9 Å². The second-order valence-corrected chi connectivity index (χ2v) is 8.04. The van der Waals surface area contributed by atoms with Gasteiger partial charge in [0.05, 0.1) is 6.04 Å². The number of nitrogens with zero attached hydrogens (tertiary/aromatic N) is 2. The standard InChI is InChI=1S/C24H25N3O2/c1-16-22(19-10-4-5-11-20(19)25-16)23-17-8-2-3-9-18(17)24(29)27(23)15-12-21(28)26-13-6-7-14-26/h2-5,8-11,23,25H,6-7,12-15H2,1H3/t23-/m1/s1. The van der Waals surface area contributed by atoms with E-state index in [2.05, 4.69) is 24.0 Å². The Labute approximate surface area is 170 Å². The Hall–Kier alpha value is -3.08. The number of aryl methyl sites for hydroxylation is 1. The molecule has 5 heteroatoms. The molecule has 148 valence electrons. The van der Waals surface area contributed by atoms with E-state index in [9.17, 15) is 9.59 Å². The summed E-state index contributed by atoms with van der Waals surface area (Å²) < 4.78 is 0. The van der Waals surface area contributed by atoms with Crippen molar-refractivity contribution in [2.24, 2.45) is 0 Å². The molecule has 0 spiro atoms. The molecule has 1 saturated heterocycles. The number of rotatable bonds is 4. The third kappa shape index (κ3) is 2.92. The lowest BCUT2D eigenvalue weighted by Crippen LogP contribution is -2.35. The predicted molar refractivity (Wildman–Crippen MR) is 113 cm³/mol. The minimum atomic E-state index is -0.166. The average Bonchev–Trinajstić information content (AvgIpc) is 3.44. The molecule has 3 heterocycles. The van der Waals surface area contributed by atoms with Gasteiger partial charge in [-0.3, -0.25) is 9.59 Å². The van der Waals surface area contributed by atoms with Crippen molar-refractivity contribution in [2.45, 2.75) is 32.2 Å². The number of benzene rings is 2. The zero-order valence-electron chi connectivity index (χ0n) is 16.6. The zero-order valence-corrected chi connectivity index (χ0v) is 16.6. The lowest BCUT2D eigenvalue weighted by atomic mass is 9.95. The molecule has 3 aromatic rings. The van der Waals surface area contributed by atoms with Crippen LogP contribution in [0.15, 0.2) is 48.5 Å². The van der Waals surface area contributed by atoms with Crippen LogP contribution in [-0.4, -0.2) is 46.2 Å². The monoisotopic (exact) mass is 387 g/mol. The number of hydrogen-bond acceptors (Lipinski definition) is 2. The second kappa shape index (κ2) is 7.07. The van der Waals surface area contributed by atoms with Crippen molar-refractivity contribution in [3.8, 4) is 0 Å². The maximum absolute atomic E-state index is 13.3. The SMILES string of the molecule is Cc1[nH]c2ccccc2c1[C@H]1c2ccccc2C(=O)N1CCC(=O)N1CCCC1. The van der Waals surface area contributed by atoms with Crippen LogP contribution in [0, 0.1) is 6.92 Å². The molecule has 1 atom stereocenters.